The number of hydrogen-bond acceptors (Lipinski definition) is 12. The first-order chi connectivity index (χ1) is 17.2. The molecule has 2 unspecified atom stereocenters. The Hall–Kier alpha value is -3.00. The molecule has 206 valence electrons. The van der Waals surface area contributed by atoms with Gasteiger partial charge in [0.2, 0.25) is 11.3 Å². The largest absolute Gasteiger partial charge is 0.508 e. The second kappa shape index (κ2) is 10.8. The summed E-state index contributed by atoms with van der Waals surface area (Å²) in [6.45, 7) is 6.25. The third kappa shape index (κ3) is 6.86. The van der Waals surface area contributed by atoms with Crippen LogP contribution in [0.4, 0.5) is 15.5 Å². The zero-order valence-electron chi connectivity index (χ0n) is 21.2. The number of aromatic nitrogens is 4. The van der Waals surface area contributed by atoms with E-state index >= 15 is 0 Å². The smallest absolute Gasteiger partial charge is 0.432 e. The molecule has 1 fully saturated rings. The summed E-state index contributed by atoms with van der Waals surface area (Å²) in [6.07, 6.45) is -0.148. The Balaban J connectivity index is 1.93. The van der Waals surface area contributed by atoms with E-state index in [-0.39, 0.29) is 18.4 Å². The predicted octanol–water partition coefficient (Wildman–Crippen LogP) is 2.20. The minimum absolute atomic E-state index is 0.0201. The number of rotatable bonds is 11. The van der Waals surface area contributed by atoms with Crippen molar-refractivity contribution in [3.63, 3.8) is 0 Å². The van der Waals surface area contributed by atoms with Gasteiger partial charge in [0.05, 0.1) is 36.9 Å². The van der Waals surface area contributed by atoms with Crippen LogP contribution in [0.2, 0.25) is 0 Å². The van der Waals surface area contributed by atoms with E-state index in [4.69, 9.17) is 29.4 Å². The van der Waals surface area contributed by atoms with Crippen molar-refractivity contribution in [2.24, 2.45) is 5.92 Å². The average Bonchev–Trinajstić information content (AvgIpc) is 3.21. The van der Waals surface area contributed by atoms with E-state index in [1.165, 1.54) is 12.5 Å². The van der Waals surface area contributed by atoms with Crippen LogP contribution in [-0.2, 0) is 34.8 Å². The Kier molecular flexibility index (Phi) is 8.32. The zero-order valence-corrected chi connectivity index (χ0v) is 22.1. The fourth-order valence-electron chi connectivity index (χ4n) is 3.63. The van der Waals surface area contributed by atoms with E-state index in [1.54, 1.807) is 32.3 Å². The Bertz CT molecular complexity index is 1160. The number of hydrogen-bond donors (Lipinski definition) is 3. The lowest BCUT2D eigenvalue weighted by Crippen LogP contribution is -2.48. The van der Waals surface area contributed by atoms with Gasteiger partial charge in [-0.05, 0) is 40.0 Å². The molecule has 0 amide bonds. The normalized spacial score (nSPS) is 19.8. The molecule has 2 atom stereocenters. The van der Waals surface area contributed by atoms with Crippen LogP contribution >= 0.6 is 7.60 Å². The second-order valence-electron chi connectivity index (χ2n) is 9.48. The fourth-order valence-corrected chi connectivity index (χ4v) is 4.40. The molecule has 0 aliphatic heterocycles. The lowest BCUT2D eigenvalue weighted by molar-refractivity contribution is -0.137. The molecule has 0 bridgehead atoms. The summed E-state index contributed by atoms with van der Waals surface area (Å²) in [5.41, 5.74) is 5.39. The average molecular weight is 545 g/mol. The van der Waals surface area contributed by atoms with Gasteiger partial charge in [0.1, 0.15) is 18.7 Å². The van der Waals surface area contributed by atoms with E-state index in [1.807, 2.05) is 6.92 Å². The van der Waals surface area contributed by atoms with Gasteiger partial charge in [-0.1, -0.05) is 6.92 Å². The van der Waals surface area contributed by atoms with Gasteiger partial charge in [-0.15, -0.1) is 0 Å². The number of ether oxygens (including phenoxy) is 5. The van der Waals surface area contributed by atoms with E-state index in [0.29, 0.717) is 17.6 Å². The Morgan fingerprint density at radius 1 is 1.16 bits per heavy atom. The number of carbonyl (C=O) groups is 2. The van der Waals surface area contributed by atoms with Gasteiger partial charge in [-0.2, -0.15) is 4.98 Å². The molecule has 16 heteroatoms. The maximum absolute atomic E-state index is 12.8. The van der Waals surface area contributed by atoms with E-state index in [0.717, 1.165) is 0 Å². The number of anilines is 1. The molecule has 2 aromatic rings. The third-order valence-corrected chi connectivity index (χ3v) is 7.03. The van der Waals surface area contributed by atoms with Crippen molar-refractivity contribution in [2.45, 2.75) is 70.7 Å². The topological polar surface area (TPSA) is 207 Å². The van der Waals surface area contributed by atoms with E-state index in [9.17, 15) is 23.9 Å². The van der Waals surface area contributed by atoms with Crippen LogP contribution in [0.1, 0.15) is 41.0 Å². The number of nitrogens with zero attached hydrogens (tertiary/aromatic N) is 4. The number of fused-ring (bicyclic) bond motifs is 1. The maximum atomic E-state index is 12.8. The van der Waals surface area contributed by atoms with Gasteiger partial charge < -0.3 is 43.8 Å². The summed E-state index contributed by atoms with van der Waals surface area (Å²) in [5, 5.41) is -2.56. The second-order valence-corrected chi connectivity index (χ2v) is 11.4. The summed E-state index contributed by atoms with van der Waals surface area (Å²) in [5.74, 6) is -0.174. The van der Waals surface area contributed by atoms with Gasteiger partial charge in [-0.25, -0.2) is 19.6 Å². The lowest BCUT2D eigenvalue weighted by Gasteiger charge is -2.37. The number of nitrogen functional groups attached to an aromatic ring is 1. The third-order valence-electron chi connectivity index (χ3n) is 5.62. The van der Waals surface area contributed by atoms with Crippen molar-refractivity contribution in [3.8, 4) is 0 Å². The molecular weight excluding hydrogens is 513 g/mol. The highest BCUT2D eigenvalue weighted by molar-refractivity contribution is 7.53. The summed E-state index contributed by atoms with van der Waals surface area (Å²) >= 11 is 0. The van der Waals surface area contributed by atoms with Crippen molar-refractivity contribution in [3.05, 3.63) is 12.5 Å². The summed E-state index contributed by atoms with van der Waals surface area (Å²) in [4.78, 5) is 57.2. The first-order valence-corrected chi connectivity index (χ1v) is 13.1. The molecule has 15 nitrogen and oxygen atoms in total. The van der Waals surface area contributed by atoms with Crippen LogP contribution in [0.5, 0.6) is 0 Å². The highest BCUT2D eigenvalue weighted by Gasteiger charge is 2.63. The van der Waals surface area contributed by atoms with E-state index in [2.05, 4.69) is 15.0 Å². The van der Waals surface area contributed by atoms with Crippen molar-refractivity contribution < 1.29 is 47.6 Å². The molecule has 3 rings (SSSR count). The van der Waals surface area contributed by atoms with Gasteiger partial charge in [0.15, 0.2) is 5.65 Å². The van der Waals surface area contributed by atoms with Crippen molar-refractivity contribution in [1.82, 2.24) is 19.5 Å². The van der Waals surface area contributed by atoms with Crippen LogP contribution in [-0.4, -0.2) is 78.0 Å². The van der Waals surface area contributed by atoms with Crippen LogP contribution in [0.3, 0.4) is 0 Å². The first-order valence-electron chi connectivity index (χ1n) is 11.5. The Labute approximate surface area is 212 Å². The molecule has 1 aliphatic rings. The van der Waals surface area contributed by atoms with Gasteiger partial charge >= 0.3 is 19.9 Å². The molecule has 2 heterocycles. The molecule has 2 aromatic heterocycles. The fraction of sp³-hybridized carbons (Fsp3) is 0.667. The van der Waals surface area contributed by atoms with Crippen molar-refractivity contribution in [1.29, 1.82) is 0 Å². The number of nitrogens with two attached hydrogens (primary N) is 1. The number of imidazole rings is 1. The molecule has 0 saturated heterocycles. The Morgan fingerprint density at radius 3 is 2.16 bits per heavy atom. The summed E-state index contributed by atoms with van der Waals surface area (Å²) in [6, 6.07) is 0. The van der Waals surface area contributed by atoms with Crippen LogP contribution in [0, 0.1) is 5.92 Å². The van der Waals surface area contributed by atoms with Gasteiger partial charge in [-0.3, -0.25) is 4.57 Å². The van der Waals surface area contributed by atoms with Crippen molar-refractivity contribution in [2.75, 3.05) is 18.9 Å². The summed E-state index contributed by atoms with van der Waals surface area (Å²) < 4.78 is 40.4. The lowest BCUT2D eigenvalue weighted by atomic mass is 10.2. The van der Waals surface area contributed by atoms with Crippen molar-refractivity contribution >= 4 is 37.0 Å². The minimum atomic E-state index is -5.27. The molecular formula is C21H32N5O10P. The molecule has 1 saturated carbocycles. The monoisotopic (exact) mass is 545 g/mol. The SMILES string of the molecule is CC(C)OC(=O)OCC(COC(=O)OC(C)C)(OC1(Cn2cnc3cnc(N)nc32)CC1C)P(=O)(O)O. The maximum Gasteiger partial charge on any atom is 0.508 e. The molecule has 1 aliphatic carbocycles. The number of carbonyl (C=O) groups excluding carboxylic acids is 2. The molecule has 0 aromatic carbocycles. The highest BCUT2D eigenvalue weighted by Crippen LogP contribution is 2.59. The highest BCUT2D eigenvalue weighted by atomic mass is 31.2. The summed E-state index contributed by atoms with van der Waals surface area (Å²) in [7, 11) is -5.27. The Morgan fingerprint density at radius 2 is 1.70 bits per heavy atom. The zero-order chi connectivity index (χ0) is 27.6. The van der Waals surface area contributed by atoms with Crippen LogP contribution in [0.15, 0.2) is 12.5 Å². The quantitative estimate of drug-likeness (QED) is 0.273. The standard InChI is InChI=1S/C21H32N5O10P/c1-12(2)34-18(27)32-9-21(37(29,30)31,10-33-19(28)35-13(3)4)36-20(6-14(20)5)8-26-11-24-15-7-23-17(22)25-16(15)26/h7,11-14H,6,8-10H2,1-5H3,(H2,22,23,25)(H2,29,30,31). The molecule has 37 heavy (non-hydrogen) atoms. The molecule has 0 spiro atoms. The van der Waals surface area contributed by atoms with Crippen LogP contribution in [0.25, 0.3) is 11.2 Å². The first kappa shape index (κ1) is 28.6. The predicted molar refractivity (Wildman–Crippen MR) is 127 cm³/mol. The van der Waals surface area contributed by atoms with E-state index < -0.39 is 56.3 Å². The minimum Gasteiger partial charge on any atom is -0.432 e. The van der Waals surface area contributed by atoms with Crippen LogP contribution < -0.4 is 5.73 Å². The molecule has 0 radical (unpaired) electrons. The van der Waals surface area contributed by atoms with Gasteiger partial charge in [0, 0.05) is 0 Å². The molecule has 4 N–H and O–H groups in total. The van der Waals surface area contributed by atoms with Gasteiger partial charge in [0.25, 0.3) is 0 Å².